The first-order chi connectivity index (χ1) is 11.2. The van der Waals surface area contributed by atoms with E-state index >= 15 is 0 Å². The topological polar surface area (TPSA) is 38.3 Å². The minimum atomic E-state index is -0.0805. The minimum Gasteiger partial charge on any atom is -0.497 e. The van der Waals surface area contributed by atoms with Crippen LogP contribution in [0.15, 0.2) is 29.2 Å². The van der Waals surface area contributed by atoms with Crippen LogP contribution in [0.4, 0.5) is 0 Å². The molecule has 1 fully saturated rings. The van der Waals surface area contributed by atoms with Crippen LogP contribution in [0.2, 0.25) is 0 Å². The second-order valence-electron chi connectivity index (χ2n) is 5.86. The van der Waals surface area contributed by atoms with Crippen molar-refractivity contribution in [1.29, 1.82) is 0 Å². The highest BCUT2D eigenvalue weighted by Gasteiger charge is 2.15. The Morgan fingerprint density at radius 2 is 1.96 bits per heavy atom. The normalized spacial score (nSPS) is 16.8. The largest absolute Gasteiger partial charge is 0.497 e. The lowest BCUT2D eigenvalue weighted by molar-refractivity contribution is -0.120. The second-order valence-corrected chi connectivity index (χ2v) is 8.68. The summed E-state index contributed by atoms with van der Waals surface area (Å²) in [7, 11) is 1.66. The van der Waals surface area contributed by atoms with Crippen LogP contribution < -0.4 is 10.1 Å². The van der Waals surface area contributed by atoms with Gasteiger partial charge in [-0.3, -0.25) is 4.79 Å². The predicted octanol–water partition coefficient (Wildman–Crippen LogP) is 4.36. The summed E-state index contributed by atoms with van der Waals surface area (Å²) >= 11 is 3.61. The SMILES string of the molecule is COc1ccc(S[C@H](C)C(=O)NCCSC2CCCCC2)cc1. The summed E-state index contributed by atoms with van der Waals surface area (Å²) in [5.74, 6) is 1.98. The first kappa shape index (κ1) is 18.5. The van der Waals surface area contributed by atoms with Crippen LogP contribution in [0.1, 0.15) is 39.0 Å². The van der Waals surface area contributed by atoms with Crippen molar-refractivity contribution >= 4 is 29.4 Å². The van der Waals surface area contributed by atoms with E-state index in [-0.39, 0.29) is 11.2 Å². The van der Waals surface area contributed by atoms with Gasteiger partial charge < -0.3 is 10.1 Å². The monoisotopic (exact) mass is 353 g/mol. The fraction of sp³-hybridized carbons (Fsp3) is 0.611. The van der Waals surface area contributed by atoms with Crippen LogP contribution in [-0.4, -0.2) is 35.8 Å². The van der Waals surface area contributed by atoms with Crippen molar-refractivity contribution in [2.45, 2.75) is 54.4 Å². The van der Waals surface area contributed by atoms with Gasteiger partial charge in [0.1, 0.15) is 5.75 Å². The van der Waals surface area contributed by atoms with Crippen molar-refractivity contribution in [3.05, 3.63) is 24.3 Å². The standard InChI is InChI=1S/C18H27NO2S2/c1-14(23-17-10-8-15(21-2)9-11-17)18(20)19-12-13-22-16-6-4-3-5-7-16/h8-11,14,16H,3-7,12-13H2,1-2H3,(H,19,20)/t14-/m1/s1. The lowest BCUT2D eigenvalue weighted by atomic mass is 10.0. The van der Waals surface area contributed by atoms with Gasteiger partial charge >= 0.3 is 0 Å². The average Bonchev–Trinajstić information content (AvgIpc) is 2.60. The van der Waals surface area contributed by atoms with Crippen molar-refractivity contribution < 1.29 is 9.53 Å². The van der Waals surface area contributed by atoms with Gasteiger partial charge in [0.25, 0.3) is 0 Å². The number of nitrogens with one attached hydrogen (secondary N) is 1. The van der Waals surface area contributed by atoms with Gasteiger partial charge in [0, 0.05) is 22.4 Å². The Hall–Kier alpha value is -0.810. The third-order valence-electron chi connectivity index (χ3n) is 4.05. The molecule has 1 atom stereocenters. The molecule has 1 aliphatic rings. The number of ether oxygens (including phenoxy) is 1. The third kappa shape index (κ3) is 6.68. The van der Waals surface area contributed by atoms with Crippen molar-refractivity contribution in [2.24, 2.45) is 0 Å². The Morgan fingerprint density at radius 3 is 2.61 bits per heavy atom. The molecule has 3 nitrogen and oxygen atoms in total. The van der Waals surface area contributed by atoms with Gasteiger partial charge in [-0.25, -0.2) is 0 Å². The van der Waals surface area contributed by atoms with Crippen molar-refractivity contribution in [2.75, 3.05) is 19.4 Å². The van der Waals surface area contributed by atoms with E-state index in [1.165, 1.54) is 32.1 Å². The molecular weight excluding hydrogens is 326 g/mol. The molecule has 1 aliphatic carbocycles. The highest BCUT2D eigenvalue weighted by molar-refractivity contribution is 8.00. The fourth-order valence-electron chi connectivity index (χ4n) is 2.69. The van der Waals surface area contributed by atoms with Crippen molar-refractivity contribution in [3.63, 3.8) is 0 Å². The Bertz CT molecular complexity index is 472. The highest BCUT2D eigenvalue weighted by Crippen LogP contribution is 2.28. The predicted molar refractivity (Wildman–Crippen MR) is 101 cm³/mol. The maximum absolute atomic E-state index is 12.2. The molecule has 1 saturated carbocycles. The van der Waals surface area contributed by atoms with Gasteiger partial charge in [-0.05, 0) is 44.0 Å². The molecule has 0 saturated heterocycles. The number of carbonyl (C=O) groups is 1. The first-order valence-corrected chi connectivity index (χ1v) is 10.3. The van der Waals surface area contributed by atoms with Gasteiger partial charge in [-0.15, -0.1) is 11.8 Å². The third-order valence-corrected chi connectivity index (χ3v) is 6.54. The fourth-order valence-corrected chi connectivity index (χ4v) is 4.80. The van der Waals surface area contributed by atoms with Crippen LogP contribution in [0, 0.1) is 0 Å². The molecule has 2 rings (SSSR count). The Labute approximate surface area is 148 Å². The number of benzene rings is 1. The zero-order valence-corrected chi connectivity index (χ0v) is 15.7. The van der Waals surface area contributed by atoms with Gasteiger partial charge in [0.2, 0.25) is 5.91 Å². The number of thioether (sulfide) groups is 2. The molecule has 0 aliphatic heterocycles. The van der Waals surface area contributed by atoms with E-state index < -0.39 is 0 Å². The van der Waals surface area contributed by atoms with Crippen LogP contribution in [-0.2, 0) is 4.79 Å². The molecule has 1 amide bonds. The van der Waals surface area contributed by atoms with E-state index in [9.17, 15) is 4.79 Å². The molecular formula is C18H27NO2S2. The van der Waals surface area contributed by atoms with E-state index in [2.05, 4.69) is 5.32 Å². The van der Waals surface area contributed by atoms with Gasteiger partial charge in [0.05, 0.1) is 12.4 Å². The van der Waals surface area contributed by atoms with E-state index in [1.807, 2.05) is 43.0 Å². The molecule has 0 heterocycles. The maximum atomic E-state index is 12.2. The molecule has 23 heavy (non-hydrogen) atoms. The summed E-state index contributed by atoms with van der Waals surface area (Å²) in [6.07, 6.45) is 6.84. The summed E-state index contributed by atoms with van der Waals surface area (Å²) in [6.45, 7) is 2.73. The van der Waals surface area contributed by atoms with E-state index in [0.29, 0.717) is 0 Å². The number of amides is 1. The molecule has 0 unspecified atom stereocenters. The lowest BCUT2D eigenvalue weighted by Gasteiger charge is -2.21. The molecule has 5 heteroatoms. The number of methoxy groups -OCH3 is 1. The zero-order chi connectivity index (χ0) is 16.5. The van der Waals surface area contributed by atoms with Crippen molar-refractivity contribution in [1.82, 2.24) is 5.32 Å². The van der Waals surface area contributed by atoms with E-state index in [0.717, 1.165) is 28.2 Å². The van der Waals surface area contributed by atoms with Crippen LogP contribution in [0.25, 0.3) is 0 Å². The molecule has 0 aromatic heterocycles. The summed E-state index contributed by atoms with van der Waals surface area (Å²) in [5, 5.41) is 3.79. The minimum absolute atomic E-state index is 0.0805. The van der Waals surface area contributed by atoms with Gasteiger partial charge in [-0.1, -0.05) is 19.3 Å². The molecule has 1 N–H and O–H groups in total. The lowest BCUT2D eigenvalue weighted by Crippen LogP contribution is -2.32. The Balaban J connectivity index is 1.63. The van der Waals surface area contributed by atoms with Gasteiger partial charge in [0.15, 0.2) is 0 Å². The molecule has 0 radical (unpaired) electrons. The van der Waals surface area contributed by atoms with Crippen molar-refractivity contribution in [3.8, 4) is 5.75 Å². The van der Waals surface area contributed by atoms with Gasteiger partial charge in [-0.2, -0.15) is 11.8 Å². The zero-order valence-electron chi connectivity index (χ0n) is 14.0. The Kier molecular flexibility index (Phi) is 8.17. The molecule has 1 aromatic rings. The van der Waals surface area contributed by atoms with E-state index in [1.54, 1.807) is 18.9 Å². The molecule has 0 bridgehead atoms. The average molecular weight is 354 g/mol. The molecule has 1 aromatic carbocycles. The number of carbonyl (C=O) groups excluding carboxylic acids is 1. The van der Waals surface area contributed by atoms with Crippen LogP contribution in [0.5, 0.6) is 5.75 Å². The number of hydrogen-bond acceptors (Lipinski definition) is 4. The summed E-state index contributed by atoms with van der Waals surface area (Å²) in [5.41, 5.74) is 0. The molecule has 0 spiro atoms. The quantitative estimate of drug-likeness (QED) is 0.557. The molecule has 128 valence electrons. The Morgan fingerprint density at radius 1 is 1.26 bits per heavy atom. The smallest absolute Gasteiger partial charge is 0.233 e. The second kappa shape index (κ2) is 10.1. The summed E-state index contributed by atoms with van der Waals surface area (Å²) < 4.78 is 5.15. The van der Waals surface area contributed by atoms with E-state index in [4.69, 9.17) is 4.74 Å². The van der Waals surface area contributed by atoms with Crippen LogP contribution >= 0.6 is 23.5 Å². The van der Waals surface area contributed by atoms with Crippen LogP contribution in [0.3, 0.4) is 0 Å². The highest BCUT2D eigenvalue weighted by atomic mass is 32.2. The summed E-state index contributed by atoms with van der Waals surface area (Å²) in [6, 6.07) is 7.83. The number of rotatable bonds is 8. The summed E-state index contributed by atoms with van der Waals surface area (Å²) in [4.78, 5) is 13.2. The first-order valence-electron chi connectivity index (χ1n) is 8.39. The maximum Gasteiger partial charge on any atom is 0.233 e. The number of hydrogen-bond donors (Lipinski definition) is 1.